The summed E-state index contributed by atoms with van der Waals surface area (Å²) in [7, 11) is 3.27. The SMILES string of the molecule is COc1cc(OC)cc(-c2nn(-c3ccc(F)cc3)c3c2CCCCN3)c1. The average Bonchev–Trinajstić information content (AvgIpc) is 2.89. The fraction of sp³-hybridized carbons (Fsp3) is 0.286. The normalized spacial score (nSPS) is 13.4. The van der Waals surface area contributed by atoms with Crippen molar-refractivity contribution in [3.05, 3.63) is 53.8 Å². The summed E-state index contributed by atoms with van der Waals surface area (Å²) in [6.45, 7) is 0.890. The van der Waals surface area contributed by atoms with Gasteiger partial charge in [-0.2, -0.15) is 5.10 Å². The number of benzene rings is 2. The zero-order valence-corrected chi connectivity index (χ0v) is 15.5. The smallest absolute Gasteiger partial charge is 0.133 e. The first-order valence-electron chi connectivity index (χ1n) is 9.05. The molecule has 0 fully saturated rings. The molecule has 27 heavy (non-hydrogen) atoms. The van der Waals surface area contributed by atoms with Crippen LogP contribution in [-0.4, -0.2) is 30.5 Å². The molecule has 1 aliphatic rings. The molecule has 0 unspecified atom stereocenters. The van der Waals surface area contributed by atoms with Crippen LogP contribution in [0.2, 0.25) is 0 Å². The maximum Gasteiger partial charge on any atom is 0.133 e. The van der Waals surface area contributed by atoms with Crippen LogP contribution in [0.15, 0.2) is 42.5 Å². The molecule has 0 atom stereocenters. The Balaban J connectivity index is 1.90. The second kappa shape index (κ2) is 7.31. The number of anilines is 1. The van der Waals surface area contributed by atoms with E-state index in [0.717, 1.165) is 65.6 Å². The Kier molecular flexibility index (Phi) is 4.71. The largest absolute Gasteiger partial charge is 0.497 e. The van der Waals surface area contributed by atoms with Crippen LogP contribution in [0.5, 0.6) is 11.5 Å². The Morgan fingerprint density at radius 1 is 1.00 bits per heavy atom. The van der Waals surface area contributed by atoms with E-state index in [1.807, 2.05) is 22.9 Å². The van der Waals surface area contributed by atoms with Gasteiger partial charge in [-0.25, -0.2) is 9.07 Å². The van der Waals surface area contributed by atoms with Crippen LogP contribution in [0, 0.1) is 5.82 Å². The van der Waals surface area contributed by atoms with Crippen LogP contribution in [0.1, 0.15) is 18.4 Å². The molecule has 0 aliphatic carbocycles. The van der Waals surface area contributed by atoms with Crippen molar-refractivity contribution in [1.82, 2.24) is 9.78 Å². The summed E-state index contributed by atoms with van der Waals surface area (Å²) in [5.74, 6) is 2.14. The molecule has 5 nitrogen and oxygen atoms in total. The molecule has 3 aromatic rings. The molecule has 4 rings (SSSR count). The quantitative estimate of drug-likeness (QED) is 0.740. The second-order valence-corrected chi connectivity index (χ2v) is 6.55. The fourth-order valence-corrected chi connectivity index (χ4v) is 3.45. The molecule has 1 N–H and O–H groups in total. The van der Waals surface area contributed by atoms with Crippen molar-refractivity contribution < 1.29 is 13.9 Å². The molecule has 1 aliphatic heterocycles. The third-order valence-electron chi connectivity index (χ3n) is 4.83. The number of ether oxygens (including phenoxy) is 2. The van der Waals surface area contributed by atoms with Gasteiger partial charge in [-0.1, -0.05) is 0 Å². The van der Waals surface area contributed by atoms with Gasteiger partial charge >= 0.3 is 0 Å². The van der Waals surface area contributed by atoms with Crippen LogP contribution < -0.4 is 14.8 Å². The summed E-state index contributed by atoms with van der Waals surface area (Å²) in [4.78, 5) is 0. The molecular weight excluding hydrogens is 345 g/mol. The molecule has 2 aromatic carbocycles. The highest BCUT2D eigenvalue weighted by Crippen LogP contribution is 2.37. The zero-order valence-electron chi connectivity index (χ0n) is 15.5. The van der Waals surface area contributed by atoms with Gasteiger partial charge in [-0.15, -0.1) is 0 Å². The summed E-state index contributed by atoms with van der Waals surface area (Å²) in [6.07, 6.45) is 3.11. The monoisotopic (exact) mass is 367 g/mol. The predicted octanol–water partition coefficient (Wildman–Crippen LogP) is 4.44. The van der Waals surface area contributed by atoms with Crippen LogP contribution in [0.25, 0.3) is 16.9 Å². The van der Waals surface area contributed by atoms with Crippen molar-refractivity contribution >= 4 is 5.82 Å². The Morgan fingerprint density at radius 3 is 2.37 bits per heavy atom. The number of hydrogen-bond donors (Lipinski definition) is 1. The standard InChI is InChI=1S/C21H22FN3O2/c1-26-17-11-14(12-18(13-17)27-2)20-19-5-3-4-10-23-21(19)25(24-20)16-8-6-15(22)7-9-16/h6-9,11-13,23H,3-5,10H2,1-2H3. The summed E-state index contributed by atoms with van der Waals surface area (Å²) >= 11 is 0. The first-order chi connectivity index (χ1) is 13.2. The van der Waals surface area contributed by atoms with Crippen molar-refractivity contribution in [2.45, 2.75) is 19.3 Å². The van der Waals surface area contributed by atoms with Crippen LogP contribution >= 0.6 is 0 Å². The maximum absolute atomic E-state index is 13.4. The number of aromatic nitrogens is 2. The van der Waals surface area contributed by atoms with Crippen molar-refractivity contribution in [2.75, 3.05) is 26.1 Å². The van der Waals surface area contributed by atoms with E-state index in [4.69, 9.17) is 14.6 Å². The van der Waals surface area contributed by atoms with Crippen molar-refractivity contribution in [1.29, 1.82) is 0 Å². The number of rotatable bonds is 4. The first-order valence-corrected chi connectivity index (χ1v) is 9.05. The van der Waals surface area contributed by atoms with E-state index in [1.165, 1.54) is 12.1 Å². The van der Waals surface area contributed by atoms with Gasteiger partial charge in [0.2, 0.25) is 0 Å². The van der Waals surface area contributed by atoms with Crippen LogP contribution in [0.3, 0.4) is 0 Å². The topological polar surface area (TPSA) is 48.3 Å². The van der Waals surface area contributed by atoms with Gasteiger partial charge in [0.1, 0.15) is 23.1 Å². The predicted molar refractivity (Wildman–Crippen MR) is 103 cm³/mol. The number of fused-ring (bicyclic) bond motifs is 1. The van der Waals surface area contributed by atoms with E-state index >= 15 is 0 Å². The molecule has 1 aromatic heterocycles. The van der Waals surface area contributed by atoms with E-state index in [2.05, 4.69) is 5.32 Å². The first kappa shape index (κ1) is 17.4. The van der Waals surface area contributed by atoms with E-state index < -0.39 is 0 Å². The van der Waals surface area contributed by atoms with Gasteiger partial charge in [0.15, 0.2) is 0 Å². The molecule has 0 saturated carbocycles. The van der Waals surface area contributed by atoms with Gasteiger partial charge in [-0.05, 0) is 55.7 Å². The summed E-state index contributed by atoms with van der Waals surface area (Å²) in [6, 6.07) is 12.2. The molecule has 0 spiro atoms. The van der Waals surface area contributed by atoms with Gasteiger partial charge in [0, 0.05) is 23.7 Å². The minimum atomic E-state index is -0.261. The average molecular weight is 367 g/mol. The highest BCUT2D eigenvalue weighted by atomic mass is 19.1. The summed E-state index contributed by atoms with van der Waals surface area (Å²) in [5.41, 5.74) is 3.81. The van der Waals surface area contributed by atoms with Gasteiger partial charge < -0.3 is 14.8 Å². The van der Waals surface area contributed by atoms with Crippen LogP contribution in [-0.2, 0) is 6.42 Å². The Labute approximate surface area is 157 Å². The highest BCUT2D eigenvalue weighted by Gasteiger charge is 2.22. The van der Waals surface area contributed by atoms with Crippen molar-refractivity contribution in [2.24, 2.45) is 0 Å². The van der Waals surface area contributed by atoms with E-state index in [0.29, 0.717) is 0 Å². The Hall–Kier alpha value is -3.02. The fourth-order valence-electron chi connectivity index (χ4n) is 3.45. The molecule has 6 heteroatoms. The number of nitrogens with one attached hydrogen (secondary N) is 1. The molecule has 2 heterocycles. The third kappa shape index (κ3) is 3.35. The lowest BCUT2D eigenvalue weighted by Crippen LogP contribution is -2.07. The van der Waals surface area contributed by atoms with Crippen molar-refractivity contribution in [3.8, 4) is 28.4 Å². The molecule has 0 radical (unpaired) electrons. The van der Waals surface area contributed by atoms with Crippen molar-refractivity contribution in [3.63, 3.8) is 0 Å². The van der Waals surface area contributed by atoms with Crippen LogP contribution in [0.4, 0.5) is 10.2 Å². The minimum absolute atomic E-state index is 0.261. The lowest BCUT2D eigenvalue weighted by molar-refractivity contribution is 0.394. The maximum atomic E-state index is 13.4. The minimum Gasteiger partial charge on any atom is -0.497 e. The summed E-state index contributed by atoms with van der Waals surface area (Å²) < 4.78 is 26.1. The lowest BCUT2D eigenvalue weighted by Gasteiger charge is -2.09. The molecule has 140 valence electrons. The Bertz CT molecular complexity index is 929. The summed E-state index contributed by atoms with van der Waals surface area (Å²) in [5, 5.41) is 8.37. The van der Waals surface area contributed by atoms with E-state index in [9.17, 15) is 4.39 Å². The number of hydrogen-bond acceptors (Lipinski definition) is 4. The number of halogens is 1. The molecule has 0 saturated heterocycles. The van der Waals surface area contributed by atoms with E-state index in [1.54, 1.807) is 26.4 Å². The highest BCUT2D eigenvalue weighted by molar-refractivity contribution is 5.73. The number of methoxy groups -OCH3 is 2. The van der Waals surface area contributed by atoms with Gasteiger partial charge in [0.25, 0.3) is 0 Å². The molecule has 0 amide bonds. The molecule has 0 bridgehead atoms. The number of nitrogens with zero attached hydrogens (tertiary/aromatic N) is 2. The molecular formula is C21H22FN3O2. The Morgan fingerprint density at radius 2 is 1.70 bits per heavy atom. The zero-order chi connectivity index (χ0) is 18.8. The van der Waals surface area contributed by atoms with E-state index in [-0.39, 0.29) is 5.82 Å². The van der Waals surface area contributed by atoms with Gasteiger partial charge in [-0.3, -0.25) is 0 Å². The lowest BCUT2D eigenvalue weighted by atomic mass is 10.0. The van der Waals surface area contributed by atoms with Gasteiger partial charge in [0.05, 0.1) is 25.6 Å². The second-order valence-electron chi connectivity index (χ2n) is 6.55. The third-order valence-corrected chi connectivity index (χ3v) is 4.83.